The third kappa shape index (κ3) is 2.52. The van der Waals surface area contributed by atoms with Gasteiger partial charge in [-0.25, -0.2) is 0 Å². The van der Waals surface area contributed by atoms with Gasteiger partial charge in [0.15, 0.2) is 0 Å². The molecule has 2 atom stereocenters. The van der Waals surface area contributed by atoms with Crippen LogP contribution < -0.4 is 5.32 Å². The van der Waals surface area contributed by atoms with Crippen molar-refractivity contribution in [3.05, 3.63) is 0 Å². The lowest BCUT2D eigenvalue weighted by molar-refractivity contribution is -0.134. The highest BCUT2D eigenvalue weighted by Gasteiger charge is 2.41. The zero-order chi connectivity index (χ0) is 12.7. The maximum Gasteiger partial charge on any atom is 0.245 e. The fraction of sp³-hybridized carbons (Fsp3) is 0.857. The highest BCUT2D eigenvalue weighted by atomic mass is 16.2. The number of rotatable bonds is 4. The lowest BCUT2D eigenvalue weighted by Crippen LogP contribution is -2.47. The van der Waals surface area contributed by atoms with Gasteiger partial charge in [-0.1, -0.05) is 6.92 Å². The molecule has 0 bridgehead atoms. The number of carbonyl (C=O) groups excluding carboxylic acids is 2. The molecule has 0 aromatic carbocycles. The summed E-state index contributed by atoms with van der Waals surface area (Å²) >= 11 is 0. The fourth-order valence-electron chi connectivity index (χ4n) is 2.94. The summed E-state index contributed by atoms with van der Waals surface area (Å²) in [6, 6.07) is -0.230. The van der Waals surface area contributed by atoms with Gasteiger partial charge in [-0.15, -0.1) is 0 Å². The van der Waals surface area contributed by atoms with Crippen molar-refractivity contribution in [1.82, 2.24) is 10.2 Å². The average molecular weight is 250 g/mol. The first-order chi connectivity index (χ1) is 8.65. The second kappa shape index (κ2) is 4.56. The van der Waals surface area contributed by atoms with E-state index in [0.29, 0.717) is 24.8 Å². The number of nitrogens with zero attached hydrogens (tertiary/aromatic N) is 1. The van der Waals surface area contributed by atoms with Crippen molar-refractivity contribution in [3.63, 3.8) is 0 Å². The maximum absolute atomic E-state index is 12.5. The van der Waals surface area contributed by atoms with E-state index >= 15 is 0 Å². The molecular weight excluding hydrogens is 228 g/mol. The molecule has 2 saturated carbocycles. The second-order valence-corrected chi connectivity index (χ2v) is 6.23. The Balaban J connectivity index is 1.67. The van der Waals surface area contributed by atoms with Gasteiger partial charge >= 0.3 is 0 Å². The SMILES string of the molecule is CC(CN1CCC(=O)NC(C2CC2)C1=O)C1CC1. The van der Waals surface area contributed by atoms with E-state index in [1.165, 1.54) is 12.8 Å². The van der Waals surface area contributed by atoms with Gasteiger partial charge in [0.1, 0.15) is 6.04 Å². The topological polar surface area (TPSA) is 49.4 Å². The van der Waals surface area contributed by atoms with Crippen LogP contribution in [0.2, 0.25) is 0 Å². The van der Waals surface area contributed by atoms with Gasteiger partial charge in [0.25, 0.3) is 0 Å². The molecule has 1 N–H and O–H groups in total. The van der Waals surface area contributed by atoms with Crippen LogP contribution in [-0.4, -0.2) is 35.8 Å². The minimum Gasteiger partial charge on any atom is -0.344 e. The van der Waals surface area contributed by atoms with Crippen molar-refractivity contribution >= 4 is 11.8 Å². The molecule has 2 aliphatic carbocycles. The molecule has 4 heteroatoms. The van der Waals surface area contributed by atoms with E-state index in [1.54, 1.807) is 0 Å². The molecule has 4 nitrogen and oxygen atoms in total. The lowest BCUT2D eigenvalue weighted by Gasteiger charge is -2.26. The molecule has 1 aliphatic heterocycles. The minimum atomic E-state index is -0.230. The van der Waals surface area contributed by atoms with E-state index in [1.807, 2.05) is 4.90 Å². The van der Waals surface area contributed by atoms with Crippen molar-refractivity contribution in [2.24, 2.45) is 17.8 Å². The fourth-order valence-corrected chi connectivity index (χ4v) is 2.94. The number of hydrogen-bond donors (Lipinski definition) is 1. The van der Waals surface area contributed by atoms with Crippen LogP contribution >= 0.6 is 0 Å². The van der Waals surface area contributed by atoms with E-state index in [0.717, 1.165) is 25.3 Å². The molecule has 0 spiro atoms. The van der Waals surface area contributed by atoms with Crippen LogP contribution in [0.5, 0.6) is 0 Å². The standard InChI is InChI=1S/C14H22N2O2/c1-9(10-2-3-10)8-16-7-6-12(17)15-13(14(16)18)11-4-5-11/h9-11,13H,2-8H2,1H3,(H,15,17). The summed E-state index contributed by atoms with van der Waals surface area (Å²) in [5, 5.41) is 2.91. The molecule has 100 valence electrons. The third-order valence-corrected chi connectivity index (χ3v) is 4.53. The summed E-state index contributed by atoms with van der Waals surface area (Å²) in [6.07, 6.45) is 5.26. The van der Waals surface area contributed by atoms with Crippen molar-refractivity contribution in [1.29, 1.82) is 0 Å². The quantitative estimate of drug-likeness (QED) is 0.814. The largest absolute Gasteiger partial charge is 0.344 e. The van der Waals surface area contributed by atoms with Gasteiger partial charge in [-0.2, -0.15) is 0 Å². The van der Waals surface area contributed by atoms with Gasteiger partial charge in [0.2, 0.25) is 11.8 Å². The highest BCUT2D eigenvalue weighted by Crippen LogP contribution is 2.38. The van der Waals surface area contributed by atoms with Crippen LogP contribution in [-0.2, 0) is 9.59 Å². The zero-order valence-corrected chi connectivity index (χ0v) is 11.0. The van der Waals surface area contributed by atoms with Crippen LogP contribution in [0.4, 0.5) is 0 Å². The monoisotopic (exact) mass is 250 g/mol. The predicted octanol–water partition coefficient (Wildman–Crippen LogP) is 1.16. The molecule has 0 radical (unpaired) electrons. The highest BCUT2D eigenvalue weighted by molar-refractivity contribution is 5.90. The van der Waals surface area contributed by atoms with Gasteiger partial charge in [-0.3, -0.25) is 9.59 Å². The molecule has 1 heterocycles. The number of nitrogens with one attached hydrogen (secondary N) is 1. The smallest absolute Gasteiger partial charge is 0.245 e. The summed E-state index contributed by atoms with van der Waals surface area (Å²) in [7, 11) is 0. The predicted molar refractivity (Wildman–Crippen MR) is 67.7 cm³/mol. The molecule has 3 rings (SSSR count). The number of amides is 2. The summed E-state index contributed by atoms with van der Waals surface area (Å²) in [5.74, 6) is 2.00. The molecule has 2 unspecified atom stereocenters. The maximum atomic E-state index is 12.5. The zero-order valence-electron chi connectivity index (χ0n) is 11.0. The van der Waals surface area contributed by atoms with Crippen molar-refractivity contribution < 1.29 is 9.59 Å². The minimum absolute atomic E-state index is 0.0434. The Morgan fingerprint density at radius 2 is 2.00 bits per heavy atom. The Kier molecular flexibility index (Phi) is 3.04. The Bertz CT molecular complexity index is 361. The Morgan fingerprint density at radius 3 is 2.61 bits per heavy atom. The van der Waals surface area contributed by atoms with E-state index in [9.17, 15) is 9.59 Å². The van der Waals surface area contributed by atoms with Crippen LogP contribution in [0.25, 0.3) is 0 Å². The summed E-state index contributed by atoms with van der Waals surface area (Å²) in [6.45, 7) is 3.67. The first kappa shape index (κ1) is 12.0. The van der Waals surface area contributed by atoms with E-state index < -0.39 is 0 Å². The molecule has 2 amide bonds. The van der Waals surface area contributed by atoms with Crippen molar-refractivity contribution in [2.75, 3.05) is 13.1 Å². The van der Waals surface area contributed by atoms with Gasteiger partial charge in [0, 0.05) is 19.5 Å². The van der Waals surface area contributed by atoms with Crippen molar-refractivity contribution in [2.45, 2.75) is 45.1 Å². The number of carbonyl (C=O) groups is 2. The normalized spacial score (nSPS) is 30.9. The third-order valence-electron chi connectivity index (χ3n) is 4.53. The Hall–Kier alpha value is -1.06. The molecule has 3 aliphatic rings. The van der Waals surface area contributed by atoms with Gasteiger partial charge in [0.05, 0.1) is 0 Å². The molecule has 1 saturated heterocycles. The van der Waals surface area contributed by atoms with Crippen LogP contribution in [0, 0.1) is 17.8 Å². The second-order valence-electron chi connectivity index (χ2n) is 6.23. The van der Waals surface area contributed by atoms with E-state index in [4.69, 9.17) is 0 Å². The summed E-state index contributed by atoms with van der Waals surface area (Å²) in [5.41, 5.74) is 0. The first-order valence-corrected chi connectivity index (χ1v) is 7.23. The molecule has 18 heavy (non-hydrogen) atoms. The van der Waals surface area contributed by atoms with Crippen LogP contribution in [0.15, 0.2) is 0 Å². The molecule has 0 aromatic rings. The summed E-state index contributed by atoms with van der Waals surface area (Å²) < 4.78 is 0. The Labute approximate surface area is 108 Å². The lowest BCUT2D eigenvalue weighted by atomic mass is 10.0. The van der Waals surface area contributed by atoms with Crippen LogP contribution in [0.1, 0.15) is 39.0 Å². The molecule has 0 aromatic heterocycles. The number of hydrogen-bond acceptors (Lipinski definition) is 2. The van der Waals surface area contributed by atoms with Gasteiger partial charge in [-0.05, 0) is 43.4 Å². The van der Waals surface area contributed by atoms with Crippen molar-refractivity contribution in [3.8, 4) is 0 Å². The summed E-state index contributed by atoms with van der Waals surface area (Å²) in [4.78, 5) is 26.1. The molecular formula is C14H22N2O2. The average Bonchev–Trinajstić information content (AvgIpc) is 3.18. The first-order valence-electron chi connectivity index (χ1n) is 7.23. The van der Waals surface area contributed by atoms with Crippen LogP contribution in [0.3, 0.4) is 0 Å². The van der Waals surface area contributed by atoms with Gasteiger partial charge < -0.3 is 10.2 Å². The molecule has 3 fully saturated rings. The van der Waals surface area contributed by atoms with E-state index in [2.05, 4.69) is 12.2 Å². The Morgan fingerprint density at radius 1 is 1.28 bits per heavy atom. The van der Waals surface area contributed by atoms with E-state index in [-0.39, 0.29) is 17.9 Å².